The lowest BCUT2D eigenvalue weighted by atomic mass is 9.87. The van der Waals surface area contributed by atoms with Crippen molar-refractivity contribution in [1.82, 2.24) is 9.73 Å². The van der Waals surface area contributed by atoms with E-state index in [1.165, 1.54) is 31.4 Å². The summed E-state index contributed by atoms with van der Waals surface area (Å²) >= 11 is 0. The van der Waals surface area contributed by atoms with Gasteiger partial charge in [0.25, 0.3) is 10.0 Å². The topological polar surface area (TPSA) is 145 Å². The zero-order valence-electron chi connectivity index (χ0n) is 21.9. The minimum atomic E-state index is -4.01. The molecule has 3 aromatic carbocycles. The van der Waals surface area contributed by atoms with E-state index in [1.54, 1.807) is 0 Å². The highest BCUT2D eigenvalue weighted by Gasteiger charge is 2.35. The predicted octanol–water partition coefficient (Wildman–Crippen LogP) is 1.98. The average Bonchev–Trinajstić information content (AvgIpc) is 3.27. The van der Waals surface area contributed by atoms with E-state index in [2.05, 4.69) is 5.32 Å². The van der Waals surface area contributed by atoms with Gasteiger partial charge in [-0.2, -0.15) is 0 Å². The van der Waals surface area contributed by atoms with Gasteiger partial charge in [0.15, 0.2) is 0 Å². The molecule has 0 heterocycles. The van der Waals surface area contributed by atoms with Gasteiger partial charge in [0.2, 0.25) is 0 Å². The molecule has 1 aliphatic carbocycles. The van der Waals surface area contributed by atoms with Gasteiger partial charge in [-0.15, -0.1) is 4.41 Å². The van der Waals surface area contributed by atoms with Gasteiger partial charge in [0, 0.05) is 25.5 Å². The van der Waals surface area contributed by atoms with Gasteiger partial charge in [-0.25, -0.2) is 8.42 Å². The van der Waals surface area contributed by atoms with Crippen molar-refractivity contribution < 1.29 is 28.5 Å². The van der Waals surface area contributed by atoms with Crippen molar-refractivity contribution in [1.29, 1.82) is 0 Å². The van der Waals surface area contributed by atoms with Gasteiger partial charge in [-0.3, -0.25) is 11.2 Å². The first kappa shape index (κ1) is 29.2. The van der Waals surface area contributed by atoms with E-state index < -0.39 is 40.2 Å². The number of benzene rings is 3. The van der Waals surface area contributed by atoms with Crippen molar-refractivity contribution in [3.05, 3.63) is 95.6 Å². The monoisotopic (exact) mass is 555 g/mol. The zero-order chi connectivity index (χ0) is 28.0. The van der Waals surface area contributed by atoms with Gasteiger partial charge < -0.3 is 20.1 Å². The molecule has 0 bridgehead atoms. The molecule has 0 fully saturated rings. The molecule has 3 aromatic rings. The number of rotatable bonds is 13. The van der Waals surface area contributed by atoms with E-state index in [9.17, 15) is 23.7 Å². The van der Waals surface area contributed by atoms with Gasteiger partial charge >= 0.3 is 0 Å². The van der Waals surface area contributed by atoms with Crippen LogP contribution in [-0.2, 0) is 22.9 Å². The maximum absolute atomic E-state index is 13.1. The summed E-state index contributed by atoms with van der Waals surface area (Å²) in [5.74, 6) is 5.60. The van der Waals surface area contributed by atoms with E-state index in [1.807, 2.05) is 54.6 Å². The Morgan fingerprint density at radius 2 is 1.72 bits per heavy atom. The third-order valence-corrected chi connectivity index (χ3v) is 8.97. The minimum Gasteiger partial charge on any atom is -0.497 e. The number of ether oxygens (including phenoxy) is 1. The molecule has 39 heavy (non-hydrogen) atoms. The van der Waals surface area contributed by atoms with Crippen LogP contribution in [0.15, 0.2) is 83.8 Å². The number of nitrogens with one attached hydrogen (secondary N) is 1. The Morgan fingerprint density at radius 1 is 1.05 bits per heavy atom. The molecule has 4 rings (SSSR count). The average molecular weight is 556 g/mol. The highest BCUT2D eigenvalue weighted by Crippen LogP contribution is 2.33. The van der Waals surface area contributed by atoms with Crippen LogP contribution in [-0.4, -0.2) is 60.7 Å². The summed E-state index contributed by atoms with van der Waals surface area (Å²) in [6.45, 7) is -0.462. The second-order valence-electron chi connectivity index (χ2n) is 10.0. The van der Waals surface area contributed by atoms with E-state index in [-0.39, 0.29) is 24.5 Å². The van der Waals surface area contributed by atoms with Crippen LogP contribution in [0.5, 0.6) is 5.75 Å². The van der Waals surface area contributed by atoms with Crippen molar-refractivity contribution >= 4 is 10.0 Å². The summed E-state index contributed by atoms with van der Waals surface area (Å²) in [6, 6.07) is 22.8. The SMILES string of the molecule is COc1ccc(S(=O)(=O)N(N)CC(CO)CC(Cc2ccccc2)C(O)NC2c3ccccc3CC2O)cc1. The quantitative estimate of drug-likeness (QED) is 0.122. The number of aliphatic hydroxyl groups excluding tert-OH is 3. The van der Waals surface area contributed by atoms with Gasteiger partial charge in [-0.05, 0) is 59.7 Å². The molecule has 0 radical (unpaired) electrons. The molecule has 0 saturated carbocycles. The summed E-state index contributed by atoms with van der Waals surface area (Å²) in [5.41, 5.74) is 2.97. The van der Waals surface area contributed by atoms with Crippen LogP contribution in [0.1, 0.15) is 29.2 Å². The molecule has 10 heteroatoms. The molecular formula is C29H37N3O6S. The molecule has 9 nitrogen and oxygen atoms in total. The fourth-order valence-corrected chi connectivity index (χ4v) is 6.36. The lowest BCUT2D eigenvalue weighted by molar-refractivity contribution is 0.0213. The number of methoxy groups -OCH3 is 1. The Bertz CT molecular complexity index is 1310. The zero-order valence-corrected chi connectivity index (χ0v) is 22.7. The van der Waals surface area contributed by atoms with Crippen LogP contribution < -0.4 is 15.9 Å². The molecular weight excluding hydrogens is 518 g/mol. The highest BCUT2D eigenvalue weighted by atomic mass is 32.2. The maximum Gasteiger partial charge on any atom is 0.255 e. The number of sulfonamides is 1. The van der Waals surface area contributed by atoms with E-state index in [0.717, 1.165) is 21.1 Å². The normalized spacial score (nSPS) is 19.4. The number of nitrogens with zero attached hydrogens (tertiary/aromatic N) is 1. The molecule has 0 saturated heterocycles. The second-order valence-corrected chi connectivity index (χ2v) is 11.9. The molecule has 6 N–H and O–H groups in total. The Morgan fingerprint density at radius 3 is 2.38 bits per heavy atom. The summed E-state index contributed by atoms with van der Waals surface area (Å²) in [7, 11) is -2.52. The minimum absolute atomic E-state index is 0.0129. The number of hydrogen-bond acceptors (Lipinski definition) is 8. The lowest BCUT2D eigenvalue weighted by Crippen LogP contribution is -2.45. The third kappa shape index (κ3) is 7.03. The van der Waals surface area contributed by atoms with E-state index in [4.69, 9.17) is 10.6 Å². The maximum atomic E-state index is 13.1. The van der Waals surface area contributed by atoms with Crippen molar-refractivity contribution in [2.45, 2.75) is 42.5 Å². The van der Waals surface area contributed by atoms with Gasteiger partial charge in [0.05, 0.1) is 24.2 Å². The first-order valence-corrected chi connectivity index (χ1v) is 14.4. The van der Waals surface area contributed by atoms with Gasteiger partial charge in [-0.1, -0.05) is 54.6 Å². The molecule has 5 atom stereocenters. The van der Waals surface area contributed by atoms with Gasteiger partial charge in [0.1, 0.15) is 12.0 Å². The molecule has 0 aliphatic heterocycles. The largest absolute Gasteiger partial charge is 0.497 e. The van der Waals surface area contributed by atoms with Crippen LogP contribution in [0.25, 0.3) is 0 Å². The summed E-state index contributed by atoms with van der Waals surface area (Å²) in [5, 5.41) is 35.5. The molecule has 0 amide bonds. The number of fused-ring (bicyclic) bond motifs is 1. The molecule has 5 unspecified atom stereocenters. The van der Waals surface area contributed by atoms with Crippen LogP contribution in [0.3, 0.4) is 0 Å². The van der Waals surface area contributed by atoms with E-state index >= 15 is 0 Å². The second kappa shape index (κ2) is 13.0. The van der Waals surface area contributed by atoms with E-state index in [0.29, 0.717) is 18.6 Å². The Kier molecular flexibility index (Phi) is 9.73. The molecule has 1 aliphatic rings. The number of hydrogen-bond donors (Lipinski definition) is 5. The first-order chi connectivity index (χ1) is 18.7. The lowest BCUT2D eigenvalue weighted by Gasteiger charge is -2.31. The van der Waals surface area contributed by atoms with Crippen LogP contribution in [0.2, 0.25) is 0 Å². The first-order valence-electron chi connectivity index (χ1n) is 13.0. The summed E-state index contributed by atoms with van der Waals surface area (Å²) in [6.07, 6.45) is -0.456. The molecule has 0 aromatic heterocycles. The standard InChI is InChI=1S/C29H37N3O6S/c1-38-24-11-13-25(14-12-24)39(36,37)32(30)18-21(19-33)16-23(15-20-7-3-2-4-8-20)29(35)31-28-26-10-6-5-9-22(26)17-27(28)34/h2-14,21,23,27-29,31,33-35H,15-19,30H2,1H3. The van der Waals surface area contributed by atoms with Crippen LogP contribution >= 0.6 is 0 Å². The summed E-state index contributed by atoms with van der Waals surface area (Å²) < 4.78 is 32.0. The van der Waals surface area contributed by atoms with Crippen molar-refractivity contribution in [3.8, 4) is 5.75 Å². The van der Waals surface area contributed by atoms with Crippen LogP contribution in [0.4, 0.5) is 0 Å². The smallest absolute Gasteiger partial charge is 0.255 e. The van der Waals surface area contributed by atoms with Crippen molar-refractivity contribution in [3.63, 3.8) is 0 Å². The van der Waals surface area contributed by atoms with Crippen molar-refractivity contribution in [2.75, 3.05) is 20.3 Å². The highest BCUT2D eigenvalue weighted by molar-refractivity contribution is 7.89. The summed E-state index contributed by atoms with van der Waals surface area (Å²) in [4.78, 5) is 0.0129. The molecule has 210 valence electrons. The Hall–Kier alpha value is -2.83. The Labute approximate surface area is 229 Å². The number of hydrazine groups is 1. The fourth-order valence-electron chi connectivity index (χ4n) is 5.21. The Balaban J connectivity index is 1.50. The fraction of sp³-hybridized carbons (Fsp3) is 0.379. The third-order valence-electron chi connectivity index (χ3n) is 7.34. The molecule has 0 spiro atoms. The van der Waals surface area contributed by atoms with Crippen LogP contribution in [0, 0.1) is 11.8 Å². The number of nitrogens with two attached hydrogens (primary N) is 1. The predicted molar refractivity (Wildman–Crippen MR) is 148 cm³/mol. The number of aliphatic hydroxyl groups is 3. The van der Waals surface area contributed by atoms with Crippen molar-refractivity contribution in [2.24, 2.45) is 17.7 Å².